The molecule has 7 fully saturated rings. The second-order valence-corrected chi connectivity index (χ2v) is 19.4. The van der Waals surface area contributed by atoms with Gasteiger partial charge in [-0.2, -0.15) is 0 Å². The molecule has 3 unspecified atom stereocenters. The standard InChI is InChI=1S/C42H66O18/c1-18-35(60-38-33(50)31(48)29(46)26(59-38)17-55-37-32(49)30(47)28(45)25(15-43)58-37)36(53-4)34(51)39(56-18)57-21-7-10-40(2)20(14-21)5-6-24-23(40)8-11-41(3)22(9-12-42(24,41)52)19-13-27(44)54-16-19/h13,18,20-26,28-39,43,45-52H,5-12,14-17H2,1-4H3/t18-,20+,21-,22?,23?,24?,25+,26+,28+,29+,30-,31-,32+,33+,34-,35-,36-,37+,38-,39-,40-,41+,42-/m0/s1. The van der Waals surface area contributed by atoms with Crippen LogP contribution in [0.1, 0.15) is 78.6 Å². The Morgan fingerprint density at radius 3 is 2.10 bits per heavy atom. The number of cyclic esters (lactones) is 1. The van der Waals surface area contributed by atoms with Gasteiger partial charge in [-0.1, -0.05) is 13.8 Å². The van der Waals surface area contributed by atoms with Gasteiger partial charge in [0.2, 0.25) is 0 Å². The molecule has 18 nitrogen and oxygen atoms in total. The summed E-state index contributed by atoms with van der Waals surface area (Å²) in [6.45, 7) is 5.42. The van der Waals surface area contributed by atoms with Crippen molar-refractivity contribution in [2.24, 2.45) is 34.5 Å². The van der Waals surface area contributed by atoms with E-state index in [-0.39, 0.29) is 34.7 Å². The highest BCUT2D eigenvalue weighted by molar-refractivity contribution is 5.85. The van der Waals surface area contributed by atoms with E-state index in [0.29, 0.717) is 18.4 Å². The first kappa shape index (κ1) is 45.1. The van der Waals surface area contributed by atoms with Crippen LogP contribution in [0.15, 0.2) is 11.6 Å². The van der Waals surface area contributed by atoms with Gasteiger partial charge in [0.05, 0.1) is 31.0 Å². The van der Waals surface area contributed by atoms with Gasteiger partial charge in [0.1, 0.15) is 73.8 Å². The quantitative estimate of drug-likeness (QED) is 0.0918. The highest BCUT2D eigenvalue weighted by atomic mass is 16.8. The molecule has 18 heteroatoms. The van der Waals surface area contributed by atoms with Crippen molar-refractivity contribution in [2.75, 3.05) is 26.9 Å². The van der Waals surface area contributed by atoms with Crippen molar-refractivity contribution in [2.45, 2.75) is 182 Å². The van der Waals surface area contributed by atoms with Crippen LogP contribution in [0.5, 0.6) is 0 Å². The van der Waals surface area contributed by atoms with Gasteiger partial charge in [0.25, 0.3) is 0 Å². The van der Waals surface area contributed by atoms with Crippen LogP contribution < -0.4 is 0 Å². The molecule has 342 valence electrons. The van der Waals surface area contributed by atoms with Crippen LogP contribution in [-0.4, -0.2) is 183 Å². The molecule has 0 aromatic rings. The zero-order chi connectivity index (χ0) is 43.1. The third-order valence-electron chi connectivity index (χ3n) is 16.5. The molecule has 4 aliphatic carbocycles. The molecule has 0 radical (unpaired) electrons. The summed E-state index contributed by atoms with van der Waals surface area (Å²) in [5.41, 5.74) is -0.0850. The number of esters is 1. The van der Waals surface area contributed by atoms with E-state index in [9.17, 15) is 50.8 Å². The van der Waals surface area contributed by atoms with Crippen LogP contribution >= 0.6 is 0 Å². The third kappa shape index (κ3) is 7.50. The smallest absolute Gasteiger partial charge is 0.331 e. The van der Waals surface area contributed by atoms with Gasteiger partial charge in [-0.3, -0.25) is 0 Å². The van der Waals surface area contributed by atoms with Crippen LogP contribution in [0.2, 0.25) is 0 Å². The van der Waals surface area contributed by atoms with E-state index in [0.717, 1.165) is 63.4 Å². The molecule has 9 N–H and O–H groups in total. The second-order valence-electron chi connectivity index (χ2n) is 19.4. The van der Waals surface area contributed by atoms with Gasteiger partial charge < -0.3 is 83.9 Å². The van der Waals surface area contributed by atoms with Crippen molar-refractivity contribution in [1.29, 1.82) is 0 Å². The lowest BCUT2D eigenvalue weighted by molar-refractivity contribution is -0.367. The molecule has 4 heterocycles. The molecule has 0 amide bonds. The molecule has 8 aliphatic rings. The monoisotopic (exact) mass is 858 g/mol. The van der Waals surface area contributed by atoms with Crippen molar-refractivity contribution in [3.05, 3.63) is 11.6 Å². The van der Waals surface area contributed by atoms with Crippen LogP contribution in [0, 0.1) is 34.5 Å². The number of ether oxygens (including phenoxy) is 8. The summed E-state index contributed by atoms with van der Waals surface area (Å²) in [5, 5.41) is 96.6. The minimum absolute atomic E-state index is 0.00760. The number of aliphatic hydroxyl groups is 9. The van der Waals surface area contributed by atoms with E-state index in [2.05, 4.69) is 13.8 Å². The molecule has 0 aromatic heterocycles. The molecule has 0 aromatic carbocycles. The molecule has 60 heavy (non-hydrogen) atoms. The lowest BCUT2D eigenvalue weighted by atomic mass is 9.43. The Labute approximate surface area is 349 Å². The largest absolute Gasteiger partial charge is 0.458 e. The van der Waals surface area contributed by atoms with Gasteiger partial charge >= 0.3 is 5.97 Å². The number of carbonyl (C=O) groups excluding carboxylic acids is 1. The first-order chi connectivity index (χ1) is 28.4. The Morgan fingerprint density at radius 2 is 1.42 bits per heavy atom. The zero-order valence-electron chi connectivity index (χ0n) is 34.8. The van der Waals surface area contributed by atoms with E-state index in [1.165, 1.54) is 7.11 Å². The van der Waals surface area contributed by atoms with Gasteiger partial charge in [-0.05, 0) is 99.4 Å². The summed E-state index contributed by atoms with van der Waals surface area (Å²) in [6.07, 6.45) is -11.9. The maximum Gasteiger partial charge on any atom is 0.331 e. The lowest BCUT2D eigenvalue weighted by Crippen LogP contribution is -2.65. The van der Waals surface area contributed by atoms with Crippen molar-refractivity contribution in [3.8, 4) is 0 Å². The Bertz CT molecular complexity index is 1570. The van der Waals surface area contributed by atoms with Crippen molar-refractivity contribution in [3.63, 3.8) is 0 Å². The van der Waals surface area contributed by atoms with E-state index in [1.807, 2.05) is 0 Å². The van der Waals surface area contributed by atoms with Crippen LogP contribution in [0.4, 0.5) is 0 Å². The van der Waals surface area contributed by atoms with Gasteiger partial charge in [0.15, 0.2) is 18.9 Å². The molecule has 23 atom stereocenters. The van der Waals surface area contributed by atoms with Gasteiger partial charge in [-0.25, -0.2) is 4.79 Å². The predicted molar refractivity (Wildman–Crippen MR) is 203 cm³/mol. The normalized spacial score (nSPS) is 54.4. The van der Waals surface area contributed by atoms with E-state index >= 15 is 0 Å². The predicted octanol–water partition coefficient (Wildman–Crippen LogP) is -1.24. The summed E-state index contributed by atoms with van der Waals surface area (Å²) < 4.78 is 46.6. The average Bonchev–Trinajstić information content (AvgIpc) is 3.78. The van der Waals surface area contributed by atoms with E-state index in [4.69, 9.17) is 37.9 Å². The third-order valence-corrected chi connectivity index (χ3v) is 16.5. The molecule has 8 rings (SSSR count). The molecular formula is C42H66O18. The summed E-state index contributed by atoms with van der Waals surface area (Å²) >= 11 is 0. The van der Waals surface area contributed by atoms with Crippen molar-refractivity contribution in [1.82, 2.24) is 0 Å². The fraction of sp³-hybridized carbons (Fsp3) is 0.929. The van der Waals surface area contributed by atoms with E-state index in [1.54, 1.807) is 13.0 Å². The van der Waals surface area contributed by atoms with Crippen molar-refractivity contribution >= 4 is 5.97 Å². The minimum Gasteiger partial charge on any atom is -0.458 e. The minimum atomic E-state index is -1.77. The maximum atomic E-state index is 12.6. The number of carbonyl (C=O) groups is 1. The molecule has 4 aliphatic heterocycles. The first-order valence-corrected chi connectivity index (χ1v) is 21.8. The number of methoxy groups -OCH3 is 1. The Balaban J connectivity index is 0.875. The molecule has 0 bridgehead atoms. The molecule has 4 saturated carbocycles. The Hall–Kier alpha value is -1.43. The number of hydrogen-bond donors (Lipinski definition) is 9. The van der Waals surface area contributed by atoms with Crippen LogP contribution in [-0.2, 0) is 42.7 Å². The van der Waals surface area contributed by atoms with Crippen LogP contribution in [0.25, 0.3) is 0 Å². The topological polar surface area (TPSA) is 273 Å². The number of hydrogen-bond acceptors (Lipinski definition) is 18. The Kier molecular flexibility index (Phi) is 12.9. The zero-order valence-corrected chi connectivity index (χ0v) is 34.8. The van der Waals surface area contributed by atoms with Gasteiger partial charge in [0, 0.05) is 18.6 Å². The highest BCUT2D eigenvalue weighted by Gasteiger charge is 2.68. The second kappa shape index (κ2) is 17.2. The summed E-state index contributed by atoms with van der Waals surface area (Å²) in [6, 6.07) is 0. The molecule has 0 spiro atoms. The highest BCUT2D eigenvalue weighted by Crippen LogP contribution is 2.70. The van der Waals surface area contributed by atoms with Crippen LogP contribution in [0.3, 0.4) is 0 Å². The number of fused-ring (bicyclic) bond motifs is 5. The summed E-state index contributed by atoms with van der Waals surface area (Å²) in [4.78, 5) is 12.0. The summed E-state index contributed by atoms with van der Waals surface area (Å²) in [7, 11) is 1.39. The fourth-order valence-electron chi connectivity index (χ4n) is 13.0. The van der Waals surface area contributed by atoms with Gasteiger partial charge in [-0.15, -0.1) is 0 Å². The lowest BCUT2D eigenvalue weighted by Gasteiger charge is -2.64. The molecular weight excluding hydrogens is 792 g/mol. The maximum absolute atomic E-state index is 12.6. The Morgan fingerprint density at radius 1 is 0.733 bits per heavy atom. The SMILES string of the molecule is CO[C@H]1[C@H](O)[C@H](O[C@H]2CC[C@]3(C)C4CC[C@]5(C)C(C6=CC(=O)OC6)CC[C@]5(O)C4CC[C@@H]3C2)O[C@@H](C)[C@@H]1O[C@@H]1O[C@H](CO[C@@H]2O[C@H](CO)[C@@H](O)[C@H](O)[C@H]2O)[C@@H](O)[C@H](O)[C@H]1O. The van der Waals surface area contributed by atoms with E-state index < -0.39 is 111 Å². The number of aliphatic hydroxyl groups excluding tert-OH is 8. The average molecular weight is 859 g/mol. The fourth-order valence-corrected chi connectivity index (χ4v) is 13.0. The first-order valence-electron chi connectivity index (χ1n) is 21.8. The van der Waals surface area contributed by atoms with Crippen molar-refractivity contribution < 1.29 is 88.6 Å². The summed E-state index contributed by atoms with van der Waals surface area (Å²) in [5.74, 6) is 0.725. The number of rotatable bonds is 10. The molecule has 3 saturated heterocycles.